The first-order valence-corrected chi connectivity index (χ1v) is 7.51. The summed E-state index contributed by atoms with van der Waals surface area (Å²) in [5, 5.41) is 4.67. The van der Waals surface area contributed by atoms with Crippen LogP contribution in [0, 0.1) is 6.92 Å². The average Bonchev–Trinajstić information content (AvgIpc) is 2.83. The summed E-state index contributed by atoms with van der Waals surface area (Å²) in [6, 6.07) is 13.7. The van der Waals surface area contributed by atoms with Crippen molar-refractivity contribution in [2.24, 2.45) is 0 Å². The Morgan fingerprint density at radius 3 is 2.71 bits per heavy atom. The third-order valence-electron chi connectivity index (χ3n) is 3.23. The van der Waals surface area contributed by atoms with Crippen LogP contribution in [0.4, 0.5) is 5.88 Å². The van der Waals surface area contributed by atoms with Crippen molar-refractivity contribution < 1.29 is 4.52 Å². The van der Waals surface area contributed by atoms with Crippen LogP contribution < -0.4 is 5.73 Å². The summed E-state index contributed by atoms with van der Waals surface area (Å²) < 4.78 is 6.00. The fraction of sp³-hybridized carbons (Fsp3) is 0.0625. The topological polar surface area (TPSA) is 52.0 Å². The zero-order chi connectivity index (χ0) is 15.0. The number of nitrogens with two attached hydrogens (primary N) is 1. The molecule has 1 heterocycles. The molecule has 21 heavy (non-hydrogen) atoms. The van der Waals surface area contributed by atoms with E-state index < -0.39 is 0 Å². The Bertz CT molecular complexity index is 814. The summed E-state index contributed by atoms with van der Waals surface area (Å²) in [7, 11) is 0. The van der Waals surface area contributed by atoms with Crippen molar-refractivity contribution in [3.63, 3.8) is 0 Å². The maximum Gasteiger partial charge on any atom is 0.230 e. The summed E-state index contributed by atoms with van der Waals surface area (Å²) in [6.07, 6.45) is 0. The molecule has 0 amide bonds. The highest BCUT2D eigenvalue weighted by Gasteiger charge is 2.20. The molecular weight excluding hydrogens is 352 g/mol. The summed E-state index contributed by atoms with van der Waals surface area (Å²) in [4.78, 5) is 0. The molecule has 3 nitrogen and oxygen atoms in total. The zero-order valence-electron chi connectivity index (χ0n) is 11.2. The molecule has 106 valence electrons. The number of nitrogens with zero attached hydrogens (tertiary/aromatic N) is 1. The van der Waals surface area contributed by atoms with E-state index in [1.165, 1.54) is 0 Å². The lowest BCUT2D eigenvalue weighted by Crippen LogP contribution is -1.89. The molecule has 0 radical (unpaired) electrons. The maximum atomic E-state index is 6.36. The van der Waals surface area contributed by atoms with Gasteiger partial charge in [-0.05, 0) is 34.5 Å². The largest absolute Gasteiger partial charge is 0.367 e. The highest BCUT2D eigenvalue weighted by molar-refractivity contribution is 9.10. The first-order valence-electron chi connectivity index (χ1n) is 6.34. The third kappa shape index (κ3) is 2.57. The minimum absolute atomic E-state index is 0.284. The second-order valence-electron chi connectivity index (χ2n) is 4.74. The van der Waals surface area contributed by atoms with Gasteiger partial charge in [0.15, 0.2) is 0 Å². The van der Waals surface area contributed by atoms with E-state index in [4.69, 9.17) is 21.9 Å². The smallest absolute Gasteiger partial charge is 0.230 e. The summed E-state index contributed by atoms with van der Waals surface area (Å²) in [6.45, 7) is 2.03. The fourth-order valence-corrected chi connectivity index (χ4v) is 2.83. The van der Waals surface area contributed by atoms with Gasteiger partial charge in [0.25, 0.3) is 0 Å². The lowest BCUT2D eigenvalue weighted by atomic mass is 9.99. The lowest BCUT2D eigenvalue weighted by molar-refractivity contribution is 0.439. The Morgan fingerprint density at radius 2 is 1.95 bits per heavy atom. The predicted octanol–water partition coefficient (Wildman–Crippen LogP) is 5.32. The van der Waals surface area contributed by atoms with Crippen LogP contribution in [0.3, 0.4) is 0 Å². The van der Waals surface area contributed by atoms with Gasteiger partial charge in [0, 0.05) is 10.0 Å². The van der Waals surface area contributed by atoms with Gasteiger partial charge >= 0.3 is 0 Å². The molecule has 0 fully saturated rings. The van der Waals surface area contributed by atoms with Crippen molar-refractivity contribution in [3.8, 4) is 22.4 Å². The lowest BCUT2D eigenvalue weighted by Gasteiger charge is -2.06. The Kier molecular flexibility index (Phi) is 3.74. The molecule has 0 saturated heterocycles. The molecule has 2 N–H and O–H groups in total. The highest BCUT2D eigenvalue weighted by Crippen LogP contribution is 2.41. The molecule has 0 aliphatic heterocycles. The molecule has 0 spiro atoms. The molecule has 3 aromatic rings. The van der Waals surface area contributed by atoms with E-state index in [2.05, 4.69) is 21.1 Å². The van der Waals surface area contributed by atoms with Crippen LogP contribution in [0.2, 0.25) is 5.02 Å². The van der Waals surface area contributed by atoms with Crippen LogP contribution >= 0.6 is 27.5 Å². The van der Waals surface area contributed by atoms with Crippen LogP contribution in [-0.2, 0) is 0 Å². The van der Waals surface area contributed by atoms with Crippen LogP contribution in [0.15, 0.2) is 51.5 Å². The second kappa shape index (κ2) is 5.54. The molecule has 0 atom stereocenters. The summed E-state index contributed by atoms with van der Waals surface area (Å²) in [5.41, 5.74) is 10.2. The standard InChI is InChI=1S/C16H12BrClN2O/c1-9-4-2-5-10(8-9)13-15(20-21-16(13)19)11-6-3-7-12(17)14(11)18/h2-8H,19H2,1H3. The minimum atomic E-state index is 0.284. The van der Waals surface area contributed by atoms with E-state index in [9.17, 15) is 0 Å². The number of hydrogen-bond acceptors (Lipinski definition) is 3. The summed E-state index contributed by atoms with van der Waals surface area (Å²) in [5.74, 6) is 0.284. The van der Waals surface area contributed by atoms with Crippen molar-refractivity contribution >= 4 is 33.4 Å². The monoisotopic (exact) mass is 362 g/mol. The van der Waals surface area contributed by atoms with Crippen molar-refractivity contribution in [1.82, 2.24) is 5.16 Å². The van der Waals surface area contributed by atoms with Crippen molar-refractivity contribution in [3.05, 3.63) is 57.5 Å². The highest BCUT2D eigenvalue weighted by atomic mass is 79.9. The predicted molar refractivity (Wildman–Crippen MR) is 89.2 cm³/mol. The van der Waals surface area contributed by atoms with Gasteiger partial charge in [-0.15, -0.1) is 0 Å². The van der Waals surface area contributed by atoms with Crippen LogP contribution in [0.25, 0.3) is 22.4 Å². The van der Waals surface area contributed by atoms with Crippen LogP contribution in [0.1, 0.15) is 5.56 Å². The zero-order valence-corrected chi connectivity index (χ0v) is 13.6. The van der Waals surface area contributed by atoms with E-state index >= 15 is 0 Å². The van der Waals surface area contributed by atoms with Crippen LogP contribution in [0.5, 0.6) is 0 Å². The Morgan fingerprint density at radius 1 is 1.19 bits per heavy atom. The number of halogens is 2. The van der Waals surface area contributed by atoms with E-state index in [0.717, 1.165) is 26.7 Å². The molecule has 2 aromatic carbocycles. The average molecular weight is 364 g/mol. The first kappa shape index (κ1) is 14.2. The van der Waals surface area contributed by atoms with Crippen molar-refractivity contribution in [2.45, 2.75) is 6.92 Å². The number of hydrogen-bond donors (Lipinski definition) is 1. The minimum Gasteiger partial charge on any atom is -0.367 e. The van der Waals surface area contributed by atoms with Crippen molar-refractivity contribution in [2.75, 3.05) is 5.73 Å². The first-order chi connectivity index (χ1) is 10.1. The second-order valence-corrected chi connectivity index (χ2v) is 5.97. The van der Waals surface area contributed by atoms with Crippen molar-refractivity contribution in [1.29, 1.82) is 0 Å². The molecule has 3 rings (SSSR count). The van der Waals surface area contributed by atoms with Gasteiger partial charge in [0.1, 0.15) is 5.69 Å². The Balaban J connectivity index is 2.24. The molecule has 0 bridgehead atoms. The van der Waals surface area contributed by atoms with Gasteiger partial charge in [0.05, 0.1) is 10.6 Å². The van der Waals surface area contributed by atoms with Gasteiger partial charge in [-0.3, -0.25) is 0 Å². The number of rotatable bonds is 2. The van der Waals surface area contributed by atoms with E-state index in [0.29, 0.717) is 10.7 Å². The van der Waals surface area contributed by atoms with Gasteiger partial charge in [0.2, 0.25) is 5.88 Å². The number of aromatic nitrogens is 1. The molecule has 0 saturated carbocycles. The molecule has 0 aliphatic carbocycles. The van der Waals surface area contributed by atoms with Gasteiger partial charge < -0.3 is 10.3 Å². The molecule has 5 heteroatoms. The normalized spacial score (nSPS) is 10.8. The maximum absolute atomic E-state index is 6.36. The Labute approximate surface area is 135 Å². The van der Waals surface area contributed by atoms with E-state index in [-0.39, 0.29) is 5.88 Å². The van der Waals surface area contributed by atoms with Gasteiger partial charge in [-0.2, -0.15) is 0 Å². The number of nitrogen functional groups attached to an aromatic ring is 1. The Hall–Kier alpha value is -1.78. The molecule has 1 aromatic heterocycles. The molecule has 0 aliphatic rings. The van der Waals surface area contributed by atoms with E-state index in [1.807, 2.05) is 49.4 Å². The molecular formula is C16H12BrClN2O. The van der Waals surface area contributed by atoms with Gasteiger partial charge in [-0.25, -0.2) is 0 Å². The molecule has 0 unspecified atom stereocenters. The third-order valence-corrected chi connectivity index (χ3v) is 4.53. The number of benzene rings is 2. The van der Waals surface area contributed by atoms with Gasteiger partial charge in [-0.1, -0.05) is 58.7 Å². The number of aryl methyl sites for hydroxylation is 1. The van der Waals surface area contributed by atoms with Crippen LogP contribution in [-0.4, -0.2) is 5.16 Å². The fourth-order valence-electron chi connectivity index (χ4n) is 2.25. The van der Waals surface area contributed by atoms with E-state index in [1.54, 1.807) is 0 Å². The SMILES string of the molecule is Cc1cccc(-c2c(-c3cccc(Br)c3Cl)noc2N)c1. The summed E-state index contributed by atoms with van der Waals surface area (Å²) >= 11 is 9.78. The quantitative estimate of drug-likeness (QED) is 0.671. The number of anilines is 1.